The fraction of sp³-hybridized carbons (Fsp3) is 0. The fourth-order valence-electron chi connectivity index (χ4n) is 0. The Morgan fingerprint density at radius 2 is 1.67 bits per heavy atom. The van der Waals surface area contributed by atoms with Crippen LogP contribution in [0.3, 0.4) is 0 Å². The SMILES string of the molecule is Cl.[Li+].[O-]OOO. The van der Waals surface area contributed by atoms with E-state index in [4.69, 9.17) is 10.5 Å². The van der Waals surface area contributed by atoms with Crippen LogP contribution in [0.4, 0.5) is 0 Å². The first-order valence-electron chi connectivity index (χ1n) is 0.516. The third-order valence-corrected chi connectivity index (χ3v) is 0.0304. The van der Waals surface area contributed by atoms with Crippen molar-refractivity contribution in [3.05, 3.63) is 0 Å². The number of hydrogen-bond donors (Lipinski definition) is 1. The van der Waals surface area contributed by atoms with Gasteiger partial charge in [0.2, 0.25) is 0 Å². The molecule has 4 nitrogen and oxygen atoms in total. The van der Waals surface area contributed by atoms with Crippen molar-refractivity contribution < 1.29 is 39.5 Å². The predicted octanol–water partition coefficient (Wildman–Crippen LogP) is -3.89. The van der Waals surface area contributed by atoms with Crippen LogP contribution in [0.1, 0.15) is 0 Å². The van der Waals surface area contributed by atoms with Gasteiger partial charge in [0.1, 0.15) is 0 Å². The molecule has 0 rings (SSSR count). The van der Waals surface area contributed by atoms with E-state index in [1.54, 1.807) is 0 Å². The monoisotopic (exact) mass is 108 g/mol. The molecule has 0 amide bonds. The van der Waals surface area contributed by atoms with Gasteiger partial charge in [-0.15, -0.1) is 12.4 Å². The molecule has 6 heavy (non-hydrogen) atoms. The summed E-state index contributed by atoms with van der Waals surface area (Å²) in [7, 11) is 0. The van der Waals surface area contributed by atoms with E-state index < -0.39 is 0 Å². The van der Waals surface area contributed by atoms with Crippen LogP contribution in [0.15, 0.2) is 0 Å². The zero-order valence-corrected chi connectivity index (χ0v) is 3.90. The van der Waals surface area contributed by atoms with Crippen LogP contribution in [0.25, 0.3) is 0 Å². The van der Waals surface area contributed by atoms with Crippen LogP contribution < -0.4 is 24.1 Å². The Labute approximate surface area is 52.4 Å². The normalized spacial score (nSPS) is 5.00. The van der Waals surface area contributed by atoms with Gasteiger partial charge in [-0.2, -0.15) is 0 Å². The van der Waals surface area contributed by atoms with Gasteiger partial charge < -0.3 is 5.26 Å². The molecule has 0 aliphatic heterocycles. The van der Waals surface area contributed by atoms with Gasteiger partial charge in [-0.1, -0.05) is 5.04 Å². The number of hydrogen-bond acceptors (Lipinski definition) is 4. The Hall–Kier alpha value is 0.727. The zero-order chi connectivity index (χ0) is 3.41. The molecule has 0 bridgehead atoms. The molecule has 0 heterocycles. The molecule has 1 N–H and O–H groups in total. The molecular formula is H2ClLiO4. The van der Waals surface area contributed by atoms with Gasteiger partial charge in [0.25, 0.3) is 0 Å². The van der Waals surface area contributed by atoms with Crippen LogP contribution in [-0.2, 0) is 10.1 Å². The van der Waals surface area contributed by atoms with Crippen molar-refractivity contribution in [2.24, 2.45) is 0 Å². The third kappa shape index (κ3) is 22.0. The van der Waals surface area contributed by atoms with E-state index in [1.807, 2.05) is 0 Å². The van der Waals surface area contributed by atoms with E-state index in [0.29, 0.717) is 0 Å². The molecule has 0 aliphatic carbocycles. The molecule has 0 atom stereocenters. The minimum atomic E-state index is 0. The molecule has 0 aromatic heterocycles. The minimum Gasteiger partial charge on any atom is -0.690 e. The van der Waals surface area contributed by atoms with Gasteiger partial charge in [-0.3, -0.25) is 5.04 Å². The Morgan fingerprint density at radius 1 is 1.50 bits per heavy atom. The maximum Gasteiger partial charge on any atom is 1.00 e. The quantitative estimate of drug-likeness (QED) is 0.212. The molecule has 0 saturated heterocycles. The van der Waals surface area contributed by atoms with Crippen molar-refractivity contribution in [1.82, 2.24) is 0 Å². The number of halogens is 1. The van der Waals surface area contributed by atoms with Gasteiger partial charge in [-0.05, 0) is 0 Å². The van der Waals surface area contributed by atoms with Gasteiger partial charge in [0, 0.05) is 0 Å². The summed E-state index contributed by atoms with van der Waals surface area (Å²) in [6.07, 6.45) is 0. The molecule has 34 valence electrons. The smallest absolute Gasteiger partial charge is 0.690 e. The summed E-state index contributed by atoms with van der Waals surface area (Å²) in [5.41, 5.74) is 0. The van der Waals surface area contributed by atoms with E-state index in [-0.39, 0.29) is 31.3 Å². The zero-order valence-electron chi connectivity index (χ0n) is 3.08. The molecule has 0 fully saturated rings. The van der Waals surface area contributed by atoms with Crippen LogP contribution in [0.2, 0.25) is 0 Å². The molecule has 0 radical (unpaired) electrons. The molecule has 0 aromatic rings. The molecule has 6 heteroatoms. The first kappa shape index (κ1) is 15.9. The van der Waals surface area contributed by atoms with Crippen LogP contribution in [0, 0.1) is 0 Å². The minimum absolute atomic E-state index is 0. The molecule has 0 unspecified atom stereocenters. The fourth-order valence-corrected chi connectivity index (χ4v) is 0. The second-order valence-electron chi connectivity index (χ2n) is 0.143. The van der Waals surface area contributed by atoms with Gasteiger partial charge in [0.05, 0.1) is 0 Å². The van der Waals surface area contributed by atoms with E-state index in [2.05, 4.69) is 10.1 Å². The Morgan fingerprint density at radius 3 is 1.67 bits per heavy atom. The number of rotatable bonds is 1. The van der Waals surface area contributed by atoms with Gasteiger partial charge in [-0.25, -0.2) is 5.26 Å². The third-order valence-electron chi connectivity index (χ3n) is 0.0304. The average molecular weight is 108 g/mol. The Kier molecular flexibility index (Phi) is 45.6. The van der Waals surface area contributed by atoms with Crippen molar-refractivity contribution in [3.8, 4) is 0 Å². The summed E-state index contributed by atoms with van der Waals surface area (Å²) < 4.78 is 0. The average Bonchev–Trinajstić information content (AvgIpc) is 1.37. The first-order valence-corrected chi connectivity index (χ1v) is 0.516. The second kappa shape index (κ2) is 17.2. The summed E-state index contributed by atoms with van der Waals surface area (Å²) in [6, 6.07) is 0. The van der Waals surface area contributed by atoms with E-state index in [1.165, 1.54) is 0 Å². The summed E-state index contributed by atoms with van der Waals surface area (Å²) in [5.74, 6) is 0. The Bertz CT molecular complexity index is 9.51. The summed E-state index contributed by atoms with van der Waals surface area (Å²) in [5, 5.41) is 20.0. The van der Waals surface area contributed by atoms with E-state index in [0.717, 1.165) is 0 Å². The molecule has 0 saturated carbocycles. The maximum atomic E-state index is 8.33. The van der Waals surface area contributed by atoms with Gasteiger partial charge in [0.15, 0.2) is 0 Å². The summed E-state index contributed by atoms with van der Waals surface area (Å²) in [6.45, 7) is 0. The largest absolute Gasteiger partial charge is 1.00 e. The van der Waals surface area contributed by atoms with E-state index in [9.17, 15) is 0 Å². The predicted molar refractivity (Wildman–Crippen MR) is 12.0 cm³/mol. The molecule has 0 spiro atoms. The van der Waals surface area contributed by atoms with Crippen LogP contribution in [-0.4, -0.2) is 5.26 Å². The van der Waals surface area contributed by atoms with Crippen molar-refractivity contribution in [3.63, 3.8) is 0 Å². The second-order valence-corrected chi connectivity index (χ2v) is 0.143. The molecule has 0 aliphatic rings. The van der Waals surface area contributed by atoms with Crippen LogP contribution >= 0.6 is 12.4 Å². The van der Waals surface area contributed by atoms with Gasteiger partial charge >= 0.3 is 18.9 Å². The standard InChI is InChI=1S/ClH.Li.H2O4/c;;1-3-4-2/h1H;;1-2H/q;+1;/p-1. The van der Waals surface area contributed by atoms with Crippen molar-refractivity contribution in [2.45, 2.75) is 0 Å². The topological polar surface area (TPSA) is 61.8 Å². The van der Waals surface area contributed by atoms with Crippen molar-refractivity contribution in [2.75, 3.05) is 0 Å². The van der Waals surface area contributed by atoms with Crippen molar-refractivity contribution >= 4 is 12.4 Å². The van der Waals surface area contributed by atoms with Crippen molar-refractivity contribution in [1.29, 1.82) is 0 Å². The summed E-state index contributed by atoms with van der Waals surface area (Å²) in [4.78, 5) is 0. The molecule has 0 aromatic carbocycles. The molecular weight excluding hydrogens is 106 g/mol. The maximum absolute atomic E-state index is 8.33. The van der Waals surface area contributed by atoms with Crippen LogP contribution in [0.5, 0.6) is 0 Å². The summed E-state index contributed by atoms with van der Waals surface area (Å²) >= 11 is 0. The first-order chi connectivity index (χ1) is 1.91. The van der Waals surface area contributed by atoms with E-state index >= 15 is 0 Å². The Balaban J connectivity index is -0.0000000450.